The van der Waals surface area contributed by atoms with Crippen LogP contribution < -0.4 is 0 Å². The van der Waals surface area contributed by atoms with Crippen LogP contribution in [-0.2, 0) is 9.53 Å². The van der Waals surface area contributed by atoms with Crippen LogP contribution in [0.2, 0.25) is 0 Å². The smallest absolute Gasteiger partial charge is 0.136 e. The van der Waals surface area contributed by atoms with E-state index in [1.54, 1.807) is 0 Å². The molecule has 1 saturated carbocycles. The van der Waals surface area contributed by atoms with Crippen LogP contribution in [0.5, 0.6) is 0 Å². The second-order valence-corrected chi connectivity index (χ2v) is 3.81. The van der Waals surface area contributed by atoms with Crippen molar-refractivity contribution in [3.63, 3.8) is 0 Å². The molecule has 0 aliphatic heterocycles. The third kappa shape index (κ3) is 3.90. The van der Waals surface area contributed by atoms with E-state index < -0.39 is 0 Å². The number of carbonyl (C=O) groups is 1. The Labute approximate surface area is 80.7 Å². The van der Waals surface area contributed by atoms with Crippen LogP contribution in [0, 0.1) is 5.92 Å². The van der Waals surface area contributed by atoms with Gasteiger partial charge in [0.25, 0.3) is 0 Å². The van der Waals surface area contributed by atoms with Crippen molar-refractivity contribution in [1.29, 1.82) is 0 Å². The van der Waals surface area contributed by atoms with Crippen molar-refractivity contribution in [2.45, 2.75) is 45.4 Å². The minimum absolute atomic E-state index is 0.321. The zero-order valence-electron chi connectivity index (χ0n) is 8.55. The number of Topliss-reactive ketones (excluding diaryl/α,β-unsaturated/α-hetero) is 1. The predicted molar refractivity (Wildman–Crippen MR) is 52.7 cm³/mol. The van der Waals surface area contributed by atoms with Gasteiger partial charge in [-0.15, -0.1) is 0 Å². The lowest BCUT2D eigenvalue weighted by atomic mass is 10.0. The molecule has 0 bridgehead atoms. The van der Waals surface area contributed by atoms with Crippen molar-refractivity contribution in [1.82, 2.24) is 0 Å². The SMILES string of the molecule is CCCCOCCC1CCCC1=O. The lowest BCUT2D eigenvalue weighted by Gasteiger charge is -2.07. The minimum Gasteiger partial charge on any atom is -0.381 e. The third-order valence-electron chi connectivity index (χ3n) is 2.68. The average Bonchev–Trinajstić information content (AvgIpc) is 2.52. The number of hydrogen-bond acceptors (Lipinski definition) is 2. The van der Waals surface area contributed by atoms with Gasteiger partial charge in [-0.1, -0.05) is 13.3 Å². The van der Waals surface area contributed by atoms with Crippen LogP contribution in [0.25, 0.3) is 0 Å². The van der Waals surface area contributed by atoms with Crippen molar-refractivity contribution in [3.05, 3.63) is 0 Å². The molecule has 0 N–H and O–H groups in total. The maximum atomic E-state index is 11.2. The molecule has 1 fully saturated rings. The van der Waals surface area contributed by atoms with E-state index in [0.29, 0.717) is 11.7 Å². The van der Waals surface area contributed by atoms with Crippen molar-refractivity contribution in [2.75, 3.05) is 13.2 Å². The summed E-state index contributed by atoms with van der Waals surface area (Å²) in [5.41, 5.74) is 0. The monoisotopic (exact) mass is 184 g/mol. The fourth-order valence-electron chi connectivity index (χ4n) is 1.77. The molecular weight excluding hydrogens is 164 g/mol. The summed E-state index contributed by atoms with van der Waals surface area (Å²) in [6, 6.07) is 0. The summed E-state index contributed by atoms with van der Waals surface area (Å²) in [5.74, 6) is 0.778. The Bertz CT molecular complexity index is 154. The van der Waals surface area contributed by atoms with E-state index in [-0.39, 0.29) is 0 Å². The average molecular weight is 184 g/mol. The Kier molecular flexibility index (Phi) is 5.06. The highest BCUT2D eigenvalue weighted by atomic mass is 16.5. The molecule has 0 aromatic rings. The Morgan fingerprint density at radius 1 is 1.46 bits per heavy atom. The van der Waals surface area contributed by atoms with Crippen LogP contribution in [0.1, 0.15) is 45.4 Å². The van der Waals surface area contributed by atoms with E-state index in [9.17, 15) is 4.79 Å². The molecule has 2 heteroatoms. The molecule has 0 amide bonds. The van der Waals surface area contributed by atoms with Gasteiger partial charge in [0.2, 0.25) is 0 Å². The maximum absolute atomic E-state index is 11.2. The van der Waals surface area contributed by atoms with E-state index in [1.807, 2.05) is 0 Å². The Hall–Kier alpha value is -0.370. The van der Waals surface area contributed by atoms with Gasteiger partial charge in [-0.25, -0.2) is 0 Å². The molecule has 0 radical (unpaired) electrons. The van der Waals surface area contributed by atoms with Crippen LogP contribution in [0.4, 0.5) is 0 Å². The standard InChI is InChI=1S/C11H20O2/c1-2-3-8-13-9-7-10-5-4-6-11(10)12/h10H,2-9H2,1H3. The van der Waals surface area contributed by atoms with Crippen molar-refractivity contribution < 1.29 is 9.53 Å². The zero-order valence-corrected chi connectivity index (χ0v) is 8.55. The fraction of sp³-hybridized carbons (Fsp3) is 0.909. The molecule has 0 saturated heterocycles. The molecule has 1 aliphatic carbocycles. The van der Waals surface area contributed by atoms with Gasteiger partial charge in [0.05, 0.1) is 0 Å². The predicted octanol–water partition coefficient (Wildman–Crippen LogP) is 2.56. The van der Waals surface area contributed by atoms with Gasteiger partial charge in [-0.2, -0.15) is 0 Å². The molecular formula is C11H20O2. The van der Waals surface area contributed by atoms with Gasteiger partial charge in [-0.3, -0.25) is 4.79 Å². The van der Waals surface area contributed by atoms with Crippen molar-refractivity contribution >= 4 is 5.78 Å². The molecule has 1 aliphatic rings. The van der Waals surface area contributed by atoms with Crippen LogP contribution >= 0.6 is 0 Å². The van der Waals surface area contributed by atoms with Gasteiger partial charge in [0.1, 0.15) is 5.78 Å². The Balaban J connectivity index is 1.96. The summed E-state index contributed by atoms with van der Waals surface area (Å²) < 4.78 is 5.43. The van der Waals surface area contributed by atoms with E-state index in [0.717, 1.165) is 45.3 Å². The molecule has 0 heterocycles. The number of hydrogen-bond donors (Lipinski definition) is 0. The van der Waals surface area contributed by atoms with E-state index >= 15 is 0 Å². The Morgan fingerprint density at radius 2 is 2.31 bits per heavy atom. The van der Waals surface area contributed by atoms with Gasteiger partial charge < -0.3 is 4.74 Å². The topological polar surface area (TPSA) is 26.3 Å². The number of carbonyl (C=O) groups excluding carboxylic acids is 1. The van der Waals surface area contributed by atoms with Crippen molar-refractivity contribution in [3.8, 4) is 0 Å². The summed E-state index contributed by atoms with van der Waals surface area (Å²) in [5, 5.41) is 0. The lowest BCUT2D eigenvalue weighted by molar-refractivity contribution is -0.121. The largest absolute Gasteiger partial charge is 0.381 e. The van der Waals surface area contributed by atoms with E-state index in [2.05, 4.69) is 6.92 Å². The first-order valence-corrected chi connectivity index (χ1v) is 5.45. The molecule has 2 nitrogen and oxygen atoms in total. The van der Waals surface area contributed by atoms with Crippen LogP contribution in [0.15, 0.2) is 0 Å². The highest BCUT2D eigenvalue weighted by Gasteiger charge is 2.23. The van der Waals surface area contributed by atoms with Crippen LogP contribution in [-0.4, -0.2) is 19.0 Å². The zero-order chi connectivity index (χ0) is 9.52. The number of ether oxygens (including phenoxy) is 1. The number of rotatable bonds is 6. The minimum atomic E-state index is 0.321. The second kappa shape index (κ2) is 6.14. The first-order chi connectivity index (χ1) is 6.34. The van der Waals surface area contributed by atoms with Gasteiger partial charge in [0, 0.05) is 25.6 Å². The molecule has 1 rings (SSSR count). The van der Waals surface area contributed by atoms with Crippen LogP contribution in [0.3, 0.4) is 0 Å². The van der Waals surface area contributed by atoms with E-state index in [4.69, 9.17) is 4.74 Å². The fourth-order valence-corrected chi connectivity index (χ4v) is 1.77. The van der Waals surface area contributed by atoms with Gasteiger partial charge in [0.15, 0.2) is 0 Å². The second-order valence-electron chi connectivity index (χ2n) is 3.81. The van der Waals surface area contributed by atoms with Gasteiger partial charge in [-0.05, 0) is 25.7 Å². The molecule has 76 valence electrons. The quantitative estimate of drug-likeness (QED) is 0.593. The van der Waals surface area contributed by atoms with E-state index in [1.165, 1.54) is 6.42 Å². The highest BCUT2D eigenvalue weighted by Crippen LogP contribution is 2.23. The number of ketones is 1. The first kappa shape index (κ1) is 10.7. The molecule has 1 unspecified atom stereocenters. The summed E-state index contributed by atoms with van der Waals surface area (Å²) in [4.78, 5) is 11.2. The summed E-state index contributed by atoms with van der Waals surface area (Å²) in [6.07, 6.45) is 6.26. The maximum Gasteiger partial charge on any atom is 0.136 e. The highest BCUT2D eigenvalue weighted by molar-refractivity contribution is 5.82. The molecule has 1 atom stereocenters. The number of unbranched alkanes of at least 4 members (excludes halogenated alkanes) is 1. The van der Waals surface area contributed by atoms with Gasteiger partial charge >= 0.3 is 0 Å². The normalized spacial score (nSPS) is 22.5. The Morgan fingerprint density at radius 3 is 2.92 bits per heavy atom. The summed E-state index contributed by atoms with van der Waals surface area (Å²) in [6.45, 7) is 3.79. The first-order valence-electron chi connectivity index (χ1n) is 5.45. The molecule has 13 heavy (non-hydrogen) atoms. The summed E-state index contributed by atoms with van der Waals surface area (Å²) in [7, 11) is 0. The molecule has 0 aromatic heterocycles. The van der Waals surface area contributed by atoms with Crippen molar-refractivity contribution in [2.24, 2.45) is 5.92 Å². The summed E-state index contributed by atoms with van der Waals surface area (Å²) >= 11 is 0. The lowest BCUT2D eigenvalue weighted by Crippen LogP contribution is -2.10. The molecule has 0 spiro atoms. The molecule has 0 aromatic carbocycles. The third-order valence-corrected chi connectivity index (χ3v) is 2.68.